The maximum atomic E-state index is 5.88. The van der Waals surface area contributed by atoms with E-state index < -0.39 is 0 Å². The van der Waals surface area contributed by atoms with E-state index in [1.54, 1.807) is 0 Å². The molecule has 24 heavy (non-hydrogen) atoms. The van der Waals surface area contributed by atoms with Gasteiger partial charge < -0.3 is 14.8 Å². The van der Waals surface area contributed by atoms with E-state index in [0.717, 1.165) is 36.6 Å². The number of halogens is 1. The van der Waals surface area contributed by atoms with Gasteiger partial charge in [-0.1, -0.05) is 11.6 Å². The van der Waals surface area contributed by atoms with Crippen LogP contribution in [-0.2, 0) is 4.74 Å². The molecule has 3 rings (SSSR count). The summed E-state index contributed by atoms with van der Waals surface area (Å²) in [6, 6.07) is 15.4. The molecule has 0 amide bonds. The van der Waals surface area contributed by atoms with Crippen molar-refractivity contribution in [2.75, 3.05) is 11.9 Å². The predicted octanol–water partition coefficient (Wildman–Crippen LogP) is 5.75. The summed E-state index contributed by atoms with van der Waals surface area (Å²) < 4.78 is 11.6. The Morgan fingerprint density at radius 2 is 1.50 bits per heavy atom. The van der Waals surface area contributed by atoms with Crippen LogP contribution in [0.3, 0.4) is 0 Å². The van der Waals surface area contributed by atoms with E-state index in [0.29, 0.717) is 23.1 Å². The number of hydrogen-bond acceptors (Lipinski definition) is 3. The Bertz CT molecular complexity index is 632. The summed E-state index contributed by atoms with van der Waals surface area (Å²) in [7, 11) is 0. The third kappa shape index (κ3) is 4.89. The van der Waals surface area contributed by atoms with Gasteiger partial charge in [-0.2, -0.15) is 0 Å². The molecule has 1 aliphatic heterocycles. The highest BCUT2D eigenvalue weighted by atomic mass is 35.5. The summed E-state index contributed by atoms with van der Waals surface area (Å²) in [5.74, 6) is 2.26. The monoisotopic (exact) mass is 345 g/mol. The van der Waals surface area contributed by atoms with Gasteiger partial charge in [0.2, 0.25) is 0 Å². The molecular weight excluding hydrogens is 322 g/mol. The summed E-state index contributed by atoms with van der Waals surface area (Å²) in [5.41, 5.74) is 1.12. The zero-order chi connectivity index (χ0) is 16.9. The number of hydrogen-bond donors (Lipinski definition) is 1. The standard InChI is InChI=1S/C20H24ClNO2/c1-14-11-16(12-15(2)23-14)13-22-18-5-9-20(10-6-18)24-19-7-3-17(21)4-8-19/h3-10,14-16,22H,11-13H2,1-2H3/t14-,15+,16?. The molecule has 0 radical (unpaired) electrons. The molecule has 3 atom stereocenters. The molecule has 1 saturated heterocycles. The Morgan fingerprint density at radius 3 is 2.08 bits per heavy atom. The smallest absolute Gasteiger partial charge is 0.127 e. The fourth-order valence-electron chi connectivity index (χ4n) is 3.25. The number of rotatable bonds is 5. The molecule has 128 valence electrons. The first-order valence-corrected chi connectivity index (χ1v) is 8.89. The van der Waals surface area contributed by atoms with E-state index in [1.165, 1.54) is 0 Å². The lowest BCUT2D eigenvalue weighted by Crippen LogP contribution is -2.32. The van der Waals surface area contributed by atoms with Crippen molar-refractivity contribution in [2.24, 2.45) is 5.92 Å². The lowest BCUT2D eigenvalue weighted by molar-refractivity contribution is -0.0495. The van der Waals surface area contributed by atoms with Crippen molar-refractivity contribution >= 4 is 17.3 Å². The molecule has 1 unspecified atom stereocenters. The zero-order valence-corrected chi connectivity index (χ0v) is 14.9. The number of ether oxygens (including phenoxy) is 2. The van der Waals surface area contributed by atoms with Crippen LogP contribution in [0.25, 0.3) is 0 Å². The van der Waals surface area contributed by atoms with Crippen molar-refractivity contribution in [2.45, 2.75) is 38.9 Å². The Kier molecular flexibility index (Phi) is 5.64. The van der Waals surface area contributed by atoms with Gasteiger partial charge in [0, 0.05) is 17.3 Å². The van der Waals surface area contributed by atoms with Crippen LogP contribution >= 0.6 is 11.6 Å². The van der Waals surface area contributed by atoms with Gasteiger partial charge in [0.1, 0.15) is 11.5 Å². The van der Waals surface area contributed by atoms with Gasteiger partial charge in [-0.05, 0) is 81.1 Å². The van der Waals surface area contributed by atoms with Crippen LogP contribution in [0.15, 0.2) is 48.5 Å². The Hall–Kier alpha value is -1.71. The summed E-state index contributed by atoms with van der Waals surface area (Å²) >= 11 is 5.88. The van der Waals surface area contributed by atoms with E-state index in [-0.39, 0.29) is 0 Å². The van der Waals surface area contributed by atoms with Crippen molar-refractivity contribution < 1.29 is 9.47 Å². The SMILES string of the molecule is C[C@@H]1CC(CNc2ccc(Oc3ccc(Cl)cc3)cc2)C[C@H](C)O1. The second-order valence-electron chi connectivity index (χ2n) is 6.56. The molecular formula is C20H24ClNO2. The second kappa shape index (κ2) is 7.91. The maximum Gasteiger partial charge on any atom is 0.127 e. The highest BCUT2D eigenvalue weighted by molar-refractivity contribution is 6.30. The molecule has 1 N–H and O–H groups in total. The lowest BCUT2D eigenvalue weighted by atomic mass is 9.92. The number of nitrogens with one attached hydrogen (secondary N) is 1. The van der Waals surface area contributed by atoms with Crippen LogP contribution in [-0.4, -0.2) is 18.8 Å². The number of anilines is 1. The molecule has 0 aromatic heterocycles. The summed E-state index contributed by atoms with van der Waals surface area (Å²) in [5, 5.41) is 4.23. The van der Waals surface area contributed by atoms with Crippen LogP contribution < -0.4 is 10.1 Å². The fourth-order valence-corrected chi connectivity index (χ4v) is 3.38. The Labute approximate surface area is 148 Å². The fraction of sp³-hybridized carbons (Fsp3) is 0.400. The first-order chi connectivity index (χ1) is 11.6. The molecule has 0 spiro atoms. The van der Waals surface area contributed by atoms with Gasteiger partial charge in [-0.3, -0.25) is 0 Å². The maximum absolute atomic E-state index is 5.88. The Balaban J connectivity index is 1.52. The van der Waals surface area contributed by atoms with Crippen molar-refractivity contribution in [3.8, 4) is 11.5 Å². The number of benzene rings is 2. The minimum absolute atomic E-state index is 0.357. The summed E-state index contributed by atoms with van der Waals surface area (Å²) in [6.07, 6.45) is 2.95. The van der Waals surface area contributed by atoms with Crippen LogP contribution in [0.2, 0.25) is 5.02 Å². The molecule has 2 aromatic rings. The largest absolute Gasteiger partial charge is 0.457 e. The van der Waals surface area contributed by atoms with E-state index in [2.05, 4.69) is 31.3 Å². The average Bonchev–Trinajstić information content (AvgIpc) is 2.55. The molecule has 0 bridgehead atoms. The van der Waals surface area contributed by atoms with Gasteiger partial charge in [-0.25, -0.2) is 0 Å². The van der Waals surface area contributed by atoms with Crippen LogP contribution in [0.5, 0.6) is 11.5 Å². The van der Waals surface area contributed by atoms with E-state index in [9.17, 15) is 0 Å². The highest BCUT2D eigenvalue weighted by Gasteiger charge is 2.23. The molecule has 2 aromatic carbocycles. The molecule has 0 saturated carbocycles. The minimum atomic E-state index is 0.357. The molecule has 1 heterocycles. The second-order valence-corrected chi connectivity index (χ2v) is 6.99. The topological polar surface area (TPSA) is 30.5 Å². The average molecular weight is 346 g/mol. The van der Waals surface area contributed by atoms with Crippen molar-refractivity contribution in [3.05, 3.63) is 53.6 Å². The van der Waals surface area contributed by atoms with Gasteiger partial charge in [0.25, 0.3) is 0 Å². The third-order valence-corrected chi connectivity index (χ3v) is 4.55. The third-order valence-electron chi connectivity index (χ3n) is 4.29. The lowest BCUT2D eigenvalue weighted by Gasteiger charge is -2.32. The highest BCUT2D eigenvalue weighted by Crippen LogP contribution is 2.27. The first-order valence-electron chi connectivity index (χ1n) is 8.51. The van der Waals surface area contributed by atoms with Gasteiger partial charge in [0.15, 0.2) is 0 Å². The summed E-state index contributed by atoms with van der Waals surface area (Å²) in [6.45, 7) is 5.30. The van der Waals surface area contributed by atoms with Crippen molar-refractivity contribution in [3.63, 3.8) is 0 Å². The molecule has 4 heteroatoms. The van der Waals surface area contributed by atoms with E-state index in [4.69, 9.17) is 21.1 Å². The van der Waals surface area contributed by atoms with Gasteiger partial charge in [0.05, 0.1) is 12.2 Å². The Morgan fingerprint density at radius 1 is 0.958 bits per heavy atom. The molecule has 1 aliphatic rings. The minimum Gasteiger partial charge on any atom is -0.457 e. The molecule has 1 fully saturated rings. The predicted molar refractivity (Wildman–Crippen MR) is 99.2 cm³/mol. The normalized spacial score (nSPS) is 23.7. The van der Waals surface area contributed by atoms with Crippen molar-refractivity contribution in [1.82, 2.24) is 0 Å². The van der Waals surface area contributed by atoms with Crippen LogP contribution in [0.1, 0.15) is 26.7 Å². The van der Waals surface area contributed by atoms with E-state index in [1.807, 2.05) is 36.4 Å². The van der Waals surface area contributed by atoms with Crippen molar-refractivity contribution in [1.29, 1.82) is 0 Å². The van der Waals surface area contributed by atoms with Crippen LogP contribution in [0, 0.1) is 5.92 Å². The van der Waals surface area contributed by atoms with E-state index >= 15 is 0 Å². The molecule has 3 nitrogen and oxygen atoms in total. The molecule has 0 aliphatic carbocycles. The van der Waals surface area contributed by atoms with Crippen LogP contribution in [0.4, 0.5) is 5.69 Å². The van der Waals surface area contributed by atoms with Gasteiger partial charge in [-0.15, -0.1) is 0 Å². The zero-order valence-electron chi connectivity index (χ0n) is 14.2. The summed E-state index contributed by atoms with van der Waals surface area (Å²) in [4.78, 5) is 0. The van der Waals surface area contributed by atoms with Gasteiger partial charge >= 0.3 is 0 Å². The quantitative estimate of drug-likeness (QED) is 0.748. The first kappa shape index (κ1) is 17.1.